The van der Waals surface area contributed by atoms with Crippen LogP contribution in [0.2, 0.25) is 0 Å². The third kappa shape index (κ3) is 4.99. The average Bonchev–Trinajstić information content (AvgIpc) is 3.02. The van der Waals surface area contributed by atoms with Crippen LogP contribution in [0.5, 0.6) is 0 Å². The summed E-state index contributed by atoms with van der Waals surface area (Å²) in [5, 5.41) is 4.31. The molecule has 5 nitrogen and oxygen atoms in total. The number of hydrogen-bond acceptors (Lipinski definition) is 3. The summed E-state index contributed by atoms with van der Waals surface area (Å²) in [6, 6.07) is 16.5. The van der Waals surface area contributed by atoms with Gasteiger partial charge in [0.05, 0.1) is 11.4 Å². The molecule has 142 valence electrons. The van der Waals surface area contributed by atoms with E-state index in [9.17, 15) is 8.42 Å². The first-order chi connectivity index (χ1) is 12.6. The van der Waals surface area contributed by atoms with Crippen LogP contribution in [-0.4, -0.2) is 18.2 Å². The van der Waals surface area contributed by atoms with E-state index in [4.69, 9.17) is 0 Å². The van der Waals surface area contributed by atoms with Crippen molar-refractivity contribution in [1.82, 2.24) is 9.78 Å². The molecule has 0 saturated heterocycles. The third-order valence-electron chi connectivity index (χ3n) is 4.17. The summed E-state index contributed by atoms with van der Waals surface area (Å²) in [4.78, 5) is 0.220. The summed E-state index contributed by atoms with van der Waals surface area (Å²) >= 11 is 3.41. The number of hydrogen-bond donors (Lipinski definition) is 1. The van der Waals surface area contributed by atoms with Gasteiger partial charge in [0.15, 0.2) is 5.82 Å². The minimum absolute atomic E-state index is 0.0263. The Bertz CT molecular complexity index is 1020. The second-order valence-corrected chi connectivity index (χ2v) is 10.0. The van der Waals surface area contributed by atoms with E-state index in [1.54, 1.807) is 29.1 Å². The zero-order valence-electron chi connectivity index (χ0n) is 15.5. The molecule has 0 spiro atoms. The molecule has 0 radical (unpaired) electrons. The van der Waals surface area contributed by atoms with Gasteiger partial charge in [-0.25, -0.2) is 8.42 Å². The van der Waals surface area contributed by atoms with Gasteiger partial charge in [-0.2, -0.15) is 5.10 Å². The molecule has 1 aromatic heterocycles. The quantitative estimate of drug-likeness (QED) is 0.611. The predicted molar refractivity (Wildman–Crippen MR) is 111 cm³/mol. The van der Waals surface area contributed by atoms with E-state index in [0.717, 1.165) is 15.6 Å². The van der Waals surface area contributed by atoms with Crippen molar-refractivity contribution >= 4 is 31.8 Å². The molecule has 27 heavy (non-hydrogen) atoms. The number of anilines is 1. The fourth-order valence-electron chi connectivity index (χ4n) is 2.61. The molecule has 0 atom stereocenters. The van der Waals surface area contributed by atoms with Crippen LogP contribution < -0.4 is 4.72 Å². The minimum atomic E-state index is -3.67. The van der Waals surface area contributed by atoms with Crippen LogP contribution in [0.4, 0.5) is 5.82 Å². The van der Waals surface area contributed by atoms with Gasteiger partial charge in [-0.1, -0.05) is 61.0 Å². The van der Waals surface area contributed by atoms with Crippen LogP contribution in [0, 0.1) is 0 Å². The standard InChI is InChI=1S/C20H22BrN3O2S/c1-20(2,3)16-6-10-18(11-7-16)27(25,26)23-19-12-13-24(22-19)14-15-4-8-17(21)9-5-15/h4-13H,14H2,1-3H3,(H,22,23). The average molecular weight is 448 g/mol. The Labute approximate surface area is 168 Å². The monoisotopic (exact) mass is 447 g/mol. The maximum Gasteiger partial charge on any atom is 0.263 e. The first-order valence-electron chi connectivity index (χ1n) is 8.55. The lowest BCUT2D eigenvalue weighted by molar-refractivity contribution is 0.587. The summed E-state index contributed by atoms with van der Waals surface area (Å²) in [6.07, 6.45) is 1.75. The summed E-state index contributed by atoms with van der Waals surface area (Å²) < 4.78 is 30.5. The number of nitrogens with one attached hydrogen (secondary N) is 1. The van der Waals surface area contributed by atoms with Crippen LogP contribution in [0.25, 0.3) is 0 Å². The van der Waals surface area contributed by atoms with Gasteiger partial charge in [-0.3, -0.25) is 9.40 Å². The lowest BCUT2D eigenvalue weighted by atomic mass is 9.87. The number of benzene rings is 2. The number of sulfonamides is 1. The lowest BCUT2D eigenvalue weighted by Gasteiger charge is -2.19. The second-order valence-electron chi connectivity index (χ2n) is 7.40. The van der Waals surface area contributed by atoms with Crippen LogP contribution in [0.3, 0.4) is 0 Å². The Hall–Kier alpha value is -2.12. The van der Waals surface area contributed by atoms with Crippen molar-refractivity contribution in [2.24, 2.45) is 0 Å². The Kier molecular flexibility index (Phi) is 5.44. The molecule has 0 bridgehead atoms. The molecule has 7 heteroatoms. The Morgan fingerprint density at radius 2 is 1.63 bits per heavy atom. The van der Waals surface area contributed by atoms with Crippen molar-refractivity contribution in [1.29, 1.82) is 0 Å². The summed E-state index contributed by atoms with van der Waals surface area (Å²) in [5.41, 5.74) is 2.13. The molecule has 0 aliphatic carbocycles. The van der Waals surface area contributed by atoms with Crippen LogP contribution in [0.1, 0.15) is 31.9 Å². The van der Waals surface area contributed by atoms with E-state index < -0.39 is 10.0 Å². The van der Waals surface area contributed by atoms with Gasteiger partial charge in [0.2, 0.25) is 0 Å². The summed E-state index contributed by atoms with van der Waals surface area (Å²) in [6.45, 7) is 6.84. The SMILES string of the molecule is CC(C)(C)c1ccc(S(=O)(=O)Nc2ccn(Cc3ccc(Br)cc3)n2)cc1. The Morgan fingerprint density at radius 3 is 2.22 bits per heavy atom. The smallest absolute Gasteiger partial charge is 0.263 e. The Balaban J connectivity index is 1.72. The second kappa shape index (κ2) is 7.48. The molecule has 1 N–H and O–H groups in total. The molecule has 0 amide bonds. The molecule has 2 aromatic carbocycles. The van der Waals surface area contributed by atoms with Crippen molar-refractivity contribution in [2.75, 3.05) is 4.72 Å². The first kappa shape index (κ1) is 19.6. The summed E-state index contributed by atoms with van der Waals surface area (Å²) in [5.74, 6) is 0.298. The van der Waals surface area contributed by atoms with E-state index in [0.29, 0.717) is 12.4 Å². The topological polar surface area (TPSA) is 64.0 Å². The summed E-state index contributed by atoms with van der Waals surface area (Å²) in [7, 11) is -3.67. The highest BCUT2D eigenvalue weighted by atomic mass is 79.9. The van der Waals surface area contributed by atoms with Crippen LogP contribution in [0.15, 0.2) is 70.2 Å². The van der Waals surface area contributed by atoms with E-state index in [1.807, 2.05) is 36.4 Å². The van der Waals surface area contributed by atoms with Crippen LogP contribution >= 0.6 is 15.9 Å². The van der Waals surface area contributed by atoms with E-state index in [-0.39, 0.29) is 10.3 Å². The molecular weight excluding hydrogens is 426 g/mol. The fourth-order valence-corrected chi connectivity index (χ4v) is 3.87. The highest BCUT2D eigenvalue weighted by molar-refractivity contribution is 9.10. The normalized spacial score (nSPS) is 12.1. The highest BCUT2D eigenvalue weighted by Crippen LogP contribution is 2.24. The molecular formula is C20H22BrN3O2S. The lowest BCUT2D eigenvalue weighted by Crippen LogP contribution is -2.15. The van der Waals surface area contributed by atoms with Crippen molar-refractivity contribution in [3.8, 4) is 0 Å². The van der Waals surface area contributed by atoms with Crippen molar-refractivity contribution in [2.45, 2.75) is 37.6 Å². The molecule has 0 unspecified atom stereocenters. The molecule has 3 aromatic rings. The maximum absolute atomic E-state index is 12.6. The number of rotatable bonds is 5. The fraction of sp³-hybridized carbons (Fsp3) is 0.250. The molecule has 3 rings (SSSR count). The molecule has 0 aliphatic rings. The highest BCUT2D eigenvalue weighted by Gasteiger charge is 2.18. The van der Waals surface area contributed by atoms with Gasteiger partial charge < -0.3 is 0 Å². The van der Waals surface area contributed by atoms with Gasteiger partial charge in [0.1, 0.15) is 0 Å². The van der Waals surface area contributed by atoms with E-state index >= 15 is 0 Å². The Morgan fingerprint density at radius 1 is 1.00 bits per heavy atom. The van der Waals surface area contributed by atoms with Crippen LogP contribution in [-0.2, 0) is 22.0 Å². The third-order valence-corrected chi connectivity index (χ3v) is 6.07. The zero-order valence-corrected chi connectivity index (χ0v) is 17.9. The van der Waals surface area contributed by atoms with Crippen molar-refractivity contribution in [3.63, 3.8) is 0 Å². The van der Waals surface area contributed by atoms with Gasteiger partial charge in [0.25, 0.3) is 10.0 Å². The van der Waals surface area contributed by atoms with E-state index in [2.05, 4.69) is 46.5 Å². The molecule has 0 saturated carbocycles. The largest absolute Gasteiger partial charge is 0.266 e. The first-order valence-corrected chi connectivity index (χ1v) is 10.8. The molecule has 0 fully saturated rings. The van der Waals surface area contributed by atoms with Gasteiger partial charge >= 0.3 is 0 Å². The molecule has 0 aliphatic heterocycles. The number of nitrogens with zero attached hydrogens (tertiary/aromatic N) is 2. The van der Waals surface area contributed by atoms with Gasteiger partial charge in [-0.05, 0) is 40.8 Å². The maximum atomic E-state index is 12.6. The minimum Gasteiger partial charge on any atom is -0.266 e. The molecule has 1 heterocycles. The van der Waals surface area contributed by atoms with Crippen molar-refractivity contribution < 1.29 is 8.42 Å². The van der Waals surface area contributed by atoms with Crippen molar-refractivity contribution in [3.05, 3.63) is 76.4 Å². The number of halogens is 1. The zero-order chi connectivity index (χ0) is 19.7. The number of aromatic nitrogens is 2. The predicted octanol–water partition coefficient (Wildman–Crippen LogP) is 4.79. The van der Waals surface area contributed by atoms with Gasteiger partial charge in [-0.15, -0.1) is 0 Å². The van der Waals surface area contributed by atoms with Gasteiger partial charge in [0, 0.05) is 16.7 Å². The van der Waals surface area contributed by atoms with E-state index in [1.165, 1.54) is 0 Å².